The number of nitrogens with two attached hydrogens (primary N) is 1. The molecule has 1 aliphatic heterocycles. The van der Waals surface area contributed by atoms with E-state index in [2.05, 4.69) is 33.2 Å². The van der Waals surface area contributed by atoms with Gasteiger partial charge in [-0.15, -0.1) is 0 Å². The second kappa shape index (κ2) is 8.54. The van der Waals surface area contributed by atoms with E-state index in [-0.39, 0.29) is 0 Å². The van der Waals surface area contributed by atoms with Crippen LogP contribution in [0.25, 0.3) is 38.9 Å². The van der Waals surface area contributed by atoms with Crippen LogP contribution in [-0.2, 0) is 0 Å². The summed E-state index contributed by atoms with van der Waals surface area (Å²) in [5, 5.41) is 6.13. The van der Waals surface area contributed by atoms with Gasteiger partial charge in [-0.1, -0.05) is 48.0 Å². The van der Waals surface area contributed by atoms with Gasteiger partial charge in [-0.05, 0) is 56.5 Å². The Morgan fingerprint density at radius 2 is 1.83 bits per heavy atom. The molecule has 2 fully saturated rings. The number of halogens is 1. The third-order valence-corrected chi connectivity index (χ3v) is 7.97. The highest BCUT2D eigenvalue weighted by Crippen LogP contribution is 2.44. The zero-order valence-corrected chi connectivity index (χ0v) is 20.6. The van der Waals surface area contributed by atoms with Crippen molar-refractivity contribution in [3.63, 3.8) is 0 Å². The average Bonchev–Trinajstić information content (AvgIpc) is 3.22. The molecular weight excluding hydrogens is 470 g/mol. The highest BCUT2D eigenvalue weighted by atomic mass is 35.5. The maximum Gasteiger partial charge on any atom is 0.153 e. The topological polar surface area (TPSA) is 85.2 Å². The van der Waals surface area contributed by atoms with E-state index in [0.717, 1.165) is 52.3 Å². The number of benzene rings is 2. The van der Waals surface area contributed by atoms with E-state index in [1.165, 1.54) is 32.4 Å². The molecular formula is C28H26ClN7. The van der Waals surface area contributed by atoms with Crippen molar-refractivity contribution in [3.8, 4) is 22.5 Å². The van der Waals surface area contributed by atoms with E-state index in [1.54, 1.807) is 0 Å². The van der Waals surface area contributed by atoms with Crippen LogP contribution in [0, 0.1) is 5.92 Å². The van der Waals surface area contributed by atoms with Gasteiger partial charge in [0.1, 0.15) is 23.4 Å². The Morgan fingerprint density at radius 1 is 1.00 bits per heavy atom. The molecule has 36 heavy (non-hydrogen) atoms. The summed E-state index contributed by atoms with van der Waals surface area (Å²) in [6.07, 6.45) is 5.07. The summed E-state index contributed by atoms with van der Waals surface area (Å²) in [6, 6.07) is 18.2. The Hall–Kier alpha value is -3.55. The lowest BCUT2D eigenvalue weighted by atomic mass is 9.74. The normalized spacial score (nSPS) is 19.9. The summed E-state index contributed by atoms with van der Waals surface area (Å²) in [6.45, 7) is 3.67. The van der Waals surface area contributed by atoms with Gasteiger partial charge >= 0.3 is 0 Å². The lowest BCUT2D eigenvalue weighted by Crippen LogP contribution is -2.43. The maximum atomic E-state index is 6.82. The number of nitrogens with zero attached hydrogens (tertiary/aromatic N) is 6. The van der Waals surface area contributed by atoms with Gasteiger partial charge in [0.25, 0.3) is 0 Å². The van der Waals surface area contributed by atoms with Gasteiger partial charge < -0.3 is 10.6 Å². The van der Waals surface area contributed by atoms with Gasteiger partial charge in [-0.25, -0.2) is 19.5 Å². The Morgan fingerprint density at radius 3 is 2.61 bits per heavy atom. The molecule has 4 heterocycles. The number of imidazole rings is 1. The first-order chi connectivity index (χ1) is 17.6. The van der Waals surface area contributed by atoms with Gasteiger partial charge in [-0.3, -0.25) is 0 Å². The number of anilines is 1. The molecule has 1 saturated carbocycles. The largest absolute Gasteiger partial charge is 0.382 e. The standard InChI is InChI=1S/C28H26ClN7/c29-22-13-19-7-8-23(18-5-2-1-3-6-18)33-24(19)14-21(22)25-26-27(30)31-16-32-36(26)28(34-25)20-11-17(12-20)15-35-9-4-10-35/h1-3,5-8,13-14,16-17,20H,4,9-12,15H2,(H2,30,31,32). The molecule has 7 nitrogen and oxygen atoms in total. The molecule has 8 heteroatoms. The molecule has 0 bridgehead atoms. The lowest BCUT2D eigenvalue weighted by molar-refractivity contribution is 0.107. The van der Waals surface area contributed by atoms with Gasteiger partial charge in [0.2, 0.25) is 0 Å². The minimum absolute atomic E-state index is 0.355. The van der Waals surface area contributed by atoms with Crippen LogP contribution < -0.4 is 5.73 Å². The van der Waals surface area contributed by atoms with E-state index in [4.69, 9.17) is 27.3 Å². The number of likely N-dealkylation sites (tertiary alicyclic amines) is 1. The highest BCUT2D eigenvalue weighted by Gasteiger charge is 2.36. The molecule has 2 aromatic carbocycles. The molecule has 0 spiro atoms. The second-order valence-corrected chi connectivity index (χ2v) is 10.4. The molecule has 0 unspecified atom stereocenters. The minimum atomic E-state index is 0.355. The smallest absolute Gasteiger partial charge is 0.153 e. The van der Waals surface area contributed by atoms with Crippen molar-refractivity contribution in [1.29, 1.82) is 0 Å². The fourth-order valence-electron chi connectivity index (χ4n) is 5.55. The summed E-state index contributed by atoms with van der Waals surface area (Å²) >= 11 is 6.82. The predicted octanol–water partition coefficient (Wildman–Crippen LogP) is 5.44. The SMILES string of the molecule is Nc1ncnn2c(C3CC(CN4CCC4)C3)nc(-c3cc4nc(-c5ccccc5)ccc4cc3Cl)c12. The lowest BCUT2D eigenvalue weighted by Gasteiger charge is -2.41. The summed E-state index contributed by atoms with van der Waals surface area (Å²) in [5.74, 6) is 2.41. The zero-order valence-electron chi connectivity index (χ0n) is 19.8. The summed E-state index contributed by atoms with van der Waals surface area (Å²) < 4.78 is 1.87. The number of rotatable bonds is 5. The third-order valence-electron chi connectivity index (χ3n) is 7.65. The van der Waals surface area contributed by atoms with Crippen molar-refractivity contribution in [2.75, 3.05) is 25.4 Å². The van der Waals surface area contributed by atoms with Crippen molar-refractivity contribution < 1.29 is 0 Å². The molecule has 1 aliphatic carbocycles. The predicted molar refractivity (Wildman–Crippen MR) is 143 cm³/mol. The van der Waals surface area contributed by atoms with Crippen LogP contribution in [0.2, 0.25) is 5.02 Å². The zero-order chi connectivity index (χ0) is 24.2. The fourth-order valence-corrected chi connectivity index (χ4v) is 5.81. The Labute approximate surface area is 214 Å². The van der Waals surface area contributed by atoms with Gasteiger partial charge in [0, 0.05) is 29.0 Å². The van der Waals surface area contributed by atoms with Crippen LogP contribution in [0.15, 0.2) is 60.9 Å². The van der Waals surface area contributed by atoms with Crippen molar-refractivity contribution in [1.82, 2.24) is 29.5 Å². The van der Waals surface area contributed by atoms with Crippen molar-refractivity contribution in [2.24, 2.45) is 5.92 Å². The van der Waals surface area contributed by atoms with E-state index in [1.807, 2.05) is 40.9 Å². The molecule has 2 aliphatic rings. The first kappa shape index (κ1) is 21.7. The second-order valence-electron chi connectivity index (χ2n) is 10.0. The van der Waals surface area contributed by atoms with E-state index < -0.39 is 0 Å². The van der Waals surface area contributed by atoms with E-state index >= 15 is 0 Å². The first-order valence-corrected chi connectivity index (χ1v) is 12.9. The van der Waals surface area contributed by atoms with Crippen molar-refractivity contribution in [3.05, 3.63) is 71.8 Å². The minimum Gasteiger partial charge on any atom is -0.382 e. The molecule has 1 saturated heterocycles. The summed E-state index contributed by atoms with van der Waals surface area (Å²) in [5.41, 5.74) is 11.4. The quantitative estimate of drug-likeness (QED) is 0.349. The van der Waals surface area contributed by atoms with Crippen LogP contribution >= 0.6 is 11.6 Å². The van der Waals surface area contributed by atoms with Crippen molar-refractivity contribution in [2.45, 2.75) is 25.2 Å². The third kappa shape index (κ3) is 3.62. The Kier molecular flexibility index (Phi) is 5.15. The van der Waals surface area contributed by atoms with Crippen LogP contribution in [0.3, 0.4) is 0 Å². The van der Waals surface area contributed by atoms with E-state index in [9.17, 15) is 0 Å². The van der Waals surface area contributed by atoms with Crippen LogP contribution in [-0.4, -0.2) is 49.1 Å². The maximum absolute atomic E-state index is 6.82. The molecule has 0 radical (unpaired) electrons. The first-order valence-electron chi connectivity index (χ1n) is 12.5. The summed E-state index contributed by atoms with van der Waals surface area (Å²) in [4.78, 5) is 16.8. The molecule has 2 N–H and O–H groups in total. The number of pyridine rings is 1. The molecule has 0 amide bonds. The van der Waals surface area contributed by atoms with Gasteiger partial charge in [0.05, 0.1) is 16.2 Å². The average molecular weight is 496 g/mol. The molecule has 0 atom stereocenters. The molecule has 3 aromatic heterocycles. The molecule has 7 rings (SSSR count). The number of hydrogen-bond donors (Lipinski definition) is 1. The van der Waals surface area contributed by atoms with E-state index in [0.29, 0.717) is 28.0 Å². The van der Waals surface area contributed by atoms with Crippen molar-refractivity contribution >= 4 is 33.8 Å². The van der Waals surface area contributed by atoms with Crippen LogP contribution in [0.1, 0.15) is 31.0 Å². The Balaban J connectivity index is 1.30. The molecule has 5 aromatic rings. The Bertz CT molecular complexity index is 1590. The summed E-state index contributed by atoms with van der Waals surface area (Å²) in [7, 11) is 0. The number of hydrogen-bond acceptors (Lipinski definition) is 6. The van der Waals surface area contributed by atoms with Crippen LogP contribution in [0.5, 0.6) is 0 Å². The fraction of sp³-hybridized carbons (Fsp3) is 0.286. The monoisotopic (exact) mass is 495 g/mol. The van der Waals surface area contributed by atoms with Crippen LogP contribution in [0.4, 0.5) is 5.82 Å². The number of nitrogen functional groups attached to an aromatic ring is 1. The molecule has 180 valence electrons. The number of aromatic nitrogens is 5. The highest BCUT2D eigenvalue weighted by molar-refractivity contribution is 6.34. The van der Waals surface area contributed by atoms with Gasteiger partial charge in [0.15, 0.2) is 5.82 Å². The number of fused-ring (bicyclic) bond motifs is 2. The van der Waals surface area contributed by atoms with Gasteiger partial charge in [-0.2, -0.15) is 5.10 Å².